The third kappa shape index (κ3) is 8.39. The molecule has 11 rings (SSSR count). The summed E-state index contributed by atoms with van der Waals surface area (Å²) in [5.74, 6) is 1.51. The first-order valence-corrected chi connectivity index (χ1v) is 24.6. The van der Waals surface area contributed by atoms with Crippen molar-refractivity contribution in [3.63, 3.8) is 0 Å². The van der Waals surface area contributed by atoms with E-state index in [1.807, 2.05) is 42.6 Å². The number of pyridine rings is 1. The van der Waals surface area contributed by atoms with E-state index in [9.17, 15) is 0 Å². The molecular formula is C64H56F2N4O. The van der Waals surface area contributed by atoms with E-state index < -0.39 is 11.6 Å². The van der Waals surface area contributed by atoms with Crippen molar-refractivity contribution >= 4 is 44.6 Å². The maximum absolute atomic E-state index is 15.1. The zero-order valence-electron chi connectivity index (χ0n) is 41.2. The van der Waals surface area contributed by atoms with E-state index in [0.29, 0.717) is 23.7 Å². The Morgan fingerprint density at radius 1 is 0.521 bits per heavy atom. The second-order valence-corrected chi connectivity index (χ2v) is 20.3. The van der Waals surface area contributed by atoms with Crippen LogP contribution in [0.3, 0.4) is 0 Å². The molecule has 1 aliphatic rings. The van der Waals surface area contributed by atoms with Crippen LogP contribution in [-0.4, -0.2) is 16.2 Å². The van der Waals surface area contributed by atoms with E-state index in [2.05, 4.69) is 190 Å². The van der Waals surface area contributed by atoms with Crippen LogP contribution in [0.1, 0.15) is 77.0 Å². The van der Waals surface area contributed by atoms with Gasteiger partial charge in [-0.1, -0.05) is 146 Å². The molecule has 0 bridgehead atoms. The lowest BCUT2D eigenvalue weighted by Gasteiger charge is -2.28. The minimum absolute atomic E-state index is 0.0573. The Labute approximate surface area is 415 Å². The van der Waals surface area contributed by atoms with Crippen molar-refractivity contribution in [3.05, 3.63) is 217 Å². The van der Waals surface area contributed by atoms with Gasteiger partial charge >= 0.3 is 0 Å². The molecule has 0 amide bonds. The summed E-state index contributed by atoms with van der Waals surface area (Å²) in [5, 5.41) is 2.26. The highest BCUT2D eigenvalue weighted by molar-refractivity contribution is 6.09. The Morgan fingerprint density at radius 2 is 1.15 bits per heavy atom. The van der Waals surface area contributed by atoms with Crippen molar-refractivity contribution in [1.29, 1.82) is 0 Å². The largest absolute Gasteiger partial charge is 0.457 e. The minimum atomic E-state index is -0.627. The van der Waals surface area contributed by atoms with Crippen molar-refractivity contribution in [2.75, 3.05) is 16.5 Å². The molecule has 0 saturated heterocycles. The van der Waals surface area contributed by atoms with Crippen molar-refractivity contribution in [3.8, 4) is 50.7 Å². The van der Waals surface area contributed by atoms with Crippen LogP contribution in [-0.2, 0) is 5.41 Å². The van der Waals surface area contributed by atoms with Gasteiger partial charge in [-0.25, -0.2) is 13.8 Å². The molecule has 0 atom stereocenters. The van der Waals surface area contributed by atoms with E-state index in [1.165, 1.54) is 34.4 Å². The Morgan fingerprint density at radius 3 is 1.86 bits per heavy atom. The number of fused-ring (bicyclic) bond motifs is 4. The quantitative estimate of drug-likeness (QED) is 0.137. The van der Waals surface area contributed by atoms with Crippen LogP contribution in [0.15, 0.2) is 188 Å². The molecule has 0 saturated carbocycles. The normalized spacial score (nSPS) is 12.7. The fourth-order valence-corrected chi connectivity index (χ4v) is 10.5. The smallest absolute Gasteiger partial charge is 0.137 e. The van der Waals surface area contributed by atoms with Gasteiger partial charge in [0.15, 0.2) is 0 Å². The van der Waals surface area contributed by atoms with Gasteiger partial charge in [-0.05, 0) is 123 Å². The van der Waals surface area contributed by atoms with Crippen molar-refractivity contribution in [1.82, 2.24) is 9.55 Å². The fourth-order valence-electron chi connectivity index (χ4n) is 10.5. The van der Waals surface area contributed by atoms with Crippen LogP contribution < -0.4 is 14.5 Å². The summed E-state index contributed by atoms with van der Waals surface area (Å²) in [6.07, 6.45) is 1.91. The molecule has 7 heteroatoms. The van der Waals surface area contributed by atoms with E-state index in [-0.39, 0.29) is 17.3 Å². The molecule has 0 radical (unpaired) electrons. The number of rotatable bonds is 10. The van der Waals surface area contributed by atoms with Crippen LogP contribution in [0.4, 0.5) is 31.5 Å². The minimum Gasteiger partial charge on any atom is -0.457 e. The molecule has 0 spiro atoms. The van der Waals surface area contributed by atoms with E-state index in [0.717, 1.165) is 78.7 Å². The molecular weight excluding hydrogens is 879 g/mol. The van der Waals surface area contributed by atoms with Crippen LogP contribution >= 0.6 is 0 Å². The van der Waals surface area contributed by atoms with Gasteiger partial charge in [0.1, 0.15) is 35.6 Å². The van der Waals surface area contributed by atoms with E-state index >= 15 is 8.78 Å². The Bertz CT molecular complexity index is 3600. The Hall–Kier alpha value is -8.03. The summed E-state index contributed by atoms with van der Waals surface area (Å²) in [6.45, 7) is 16.1. The average Bonchev–Trinajstić information content (AvgIpc) is 3.91. The fraction of sp³-hybridized carbons (Fsp3) is 0.172. The molecule has 3 heterocycles. The van der Waals surface area contributed by atoms with Crippen LogP contribution in [0.25, 0.3) is 61.0 Å². The summed E-state index contributed by atoms with van der Waals surface area (Å²) >= 11 is 0. The molecule has 1 aliphatic heterocycles. The van der Waals surface area contributed by atoms with Crippen molar-refractivity contribution < 1.29 is 13.5 Å². The SMILES string of the molecule is CC(C)c1cccc(C(C)C)c1-c1cc(Oc2ccc3c4ccccc4n(-c4cc(C(C)(C)C)ccn4)c3c2)cc(N2CN(c3c(-c4ccccc4)cccc3-c3cc(F)cc(F)c3)c3ccccc32)c1. The first-order valence-electron chi connectivity index (χ1n) is 24.6. The van der Waals surface area contributed by atoms with Gasteiger partial charge in [0.25, 0.3) is 0 Å². The van der Waals surface area contributed by atoms with Crippen molar-refractivity contribution in [2.45, 2.75) is 65.7 Å². The Kier molecular flexibility index (Phi) is 11.5. The third-order valence-corrected chi connectivity index (χ3v) is 13.9. The van der Waals surface area contributed by atoms with Gasteiger partial charge in [-0.2, -0.15) is 0 Å². The van der Waals surface area contributed by atoms with E-state index in [4.69, 9.17) is 9.72 Å². The predicted molar refractivity (Wildman–Crippen MR) is 290 cm³/mol. The molecule has 0 aliphatic carbocycles. The van der Waals surface area contributed by atoms with E-state index in [1.54, 1.807) is 0 Å². The van der Waals surface area contributed by atoms with Gasteiger partial charge in [0, 0.05) is 52.0 Å². The maximum atomic E-state index is 15.1. The number of hydrogen-bond acceptors (Lipinski definition) is 4. The number of nitrogens with zero attached hydrogens (tertiary/aromatic N) is 4. The lowest BCUT2D eigenvalue weighted by molar-refractivity contribution is 0.483. The topological polar surface area (TPSA) is 33.5 Å². The number of benzene rings is 8. The van der Waals surface area contributed by atoms with Gasteiger partial charge in [0.2, 0.25) is 0 Å². The average molecular weight is 935 g/mol. The molecule has 0 fully saturated rings. The molecule has 0 unspecified atom stereocenters. The van der Waals surface area contributed by atoms with Crippen molar-refractivity contribution in [2.24, 2.45) is 0 Å². The molecule has 352 valence electrons. The molecule has 71 heavy (non-hydrogen) atoms. The molecule has 10 aromatic rings. The highest BCUT2D eigenvalue weighted by Gasteiger charge is 2.32. The first kappa shape index (κ1) is 45.4. The molecule has 2 aromatic heterocycles. The van der Waals surface area contributed by atoms with Gasteiger partial charge in [-0.15, -0.1) is 0 Å². The molecule has 8 aromatic carbocycles. The monoisotopic (exact) mass is 934 g/mol. The standard InChI is InChI=1S/C64H56F2N4O/c1-40(2)51-20-15-21-52(41(3)4)62(51)44-33-48(37-50(34-44)71-49-27-28-56-55-19-11-12-24-57(55)70(60(56)38-49)61-35-45(29-30-67-61)64(5,6)7)68-39-69(59-26-14-13-25-58(59)68)63-53(42-17-9-8-10-18-42)22-16-23-54(63)43-31-46(65)36-47(66)32-43/h8-38,40-41H,39H2,1-7H3. The number of ether oxygens (including phenoxy) is 1. The highest BCUT2D eigenvalue weighted by Crippen LogP contribution is 2.52. The maximum Gasteiger partial charge on any atom is 0.137 e. The van der Waals surface area contributed by atoms with Gasteiger partial charge < -0.3 is 14.5 Å². The van der Waals surface area contributed by atoms with Crippen LogP contribution in [0, 0.1) is 11.6 Å². The summed E-state index contributed by atoms with van der Waals surface area (Å²) in [4.78, 5) is 9.54. The number of hydrogen-bond donors (Lipinski definition) is 0. The summed E-state index contributed by atoms with van der Waals surface area (Å²) in [6, 6.07) is 60.8. The molecule has 0 N–H and O–H groups in total. The summed E-state index contributed by atoms with van der Waals surface area (Å²) in [5.41, 5.74) is 14.9. The second-order valence-electron chi connectivity index (χ2n) is 20.3. The zero-order valence-corrected chi connectivity index (χ0v) is 41.2. The second kappa shape index (κ2) is 18.1. The number of aromatic nitrogens is 2. The number of halogens is 2. The predicted octanol–water partition coefficient (Wildman–Crippen LogP) is 18.0. The van der Waals surface area contributed by atoms with Gasteiger partial charge in [-0.3, -0.25) is 4.57 Å². The first-order chi connectivity index (χ1) is 34.3. The van der Waals surface area contributed by atoms with Crippen LogP contribution in [0.5, 0.6) is 11.5 Å². The lowest BCUT2D eigenvalue weighted by atomic mass is 9.85. The third-order valence-electron chi connectivity index (χ3n) is 13.9. The highest BCUT2D eigenvalue weighted by atomic mass is 19.1. The number of anilines is 4. The van der Waals surface area contributed by atoms with Crippen LogP contribution in [0.2, 0.25) is 0 Å². The number of para-hydroxylation sites is 4. The summed E-state index contributed by atoms with van der Waals surface area (Å²) < 4.78 is 39.6. The van der Waals surface area contributed by atoms with Gasteiger partial charge in [0.05, 0.1) is 28.1 Å². The Balaban J connectivity index is 1.10. The summed E-state index contributed by atoms with van der Waals surface area (Å²) in [7, 11) is 0. The zero-order chi connectivity index (χ0) is 49.1. The lowest BCUT2D eigenvalue weighted by Crippen LogP contribution is -2.25. The molecule has 5 nitrogen and oxygen atoms in total.